The van der Waals surface area contributed by atoms with Gasteiger partial charge in [-0.05, 0) is 24.7 Å². The Labute approximate surface area is 147 Å². The fourth-order valence-electron chi connectivity index (χ4n) is 2.00. The summed E-state index contributed by atoms with van der Waals surface area (Å²) in [6, 6.07) is 4.43. The molecule has 0 unspecified atom stereocenters. The largest absolute Gasteiger partial charge is 0.435 e. The van der Waals surface area contributed by atoms with Crippen molar-refractivity contribution in [3.8, 4) is 5.69 Å². The molecule has 0 spiro atoms. The lowest BCUT2D eigenvalue weighted by molar-refractivity contribution is -0.143. The minimum Gasteiger partial charge on any atom is -0.349 e. The van der Waals surface area contributed by atoms with E-state index in [1.54, 1.807) is 0 Å². The minimum absolute atomic E-state index is 0. The number of carbonyl (C=O) groups excluding carboxylic acids is 1. The van der Waals surface area contributed by atoms with E-state index in [1.807, 2.05) is 6.92 Å². The molecule has 1 heterocycles. The first-order valence-corrected chi connectivity index (χ1v) is 7.12. The summed E-state index contributed by atoms with van der Waals surface area (Å²) in [5.41, 5.74) is -2.39. The Bertz CT molecular complexity index is 719. The van der Waals surface area contributed by atoms with E-state index in [1.165, 1.54) is 12.1 Å². The van der Waals surface area contributed by atoms with Gasteiger partial charge in [0.05, 0.1) is 5.69 Å². The first-order valence-electron chi connectivity index (χ1n) is 7.12. The Morgan fingerprint density at radius 1 is 1.28 bits per heavy atom. The predicted octanol–water partition coefficient (Wildman–Crippen LogP) is 2.19. The Morgan fingerprint density at radius 2 is 2.00 bits per heavy atom. The van der Waals surface area contributed by atoms with Crippen molar-refractivity contribution in [3.05, 3.63) is 41.5 Å². The molecule has 0 saturated heterocycles. The summed E-state index contributed by atoms with van der Waals surface area (Å²) in [4.78, 5) is 12.0. The zero-order valence-electron chi connectivity index (χ0n) is 13.1. The molecule has 2 aromatic rings. The van der Waals surface area contributed by atoms with Gasteiger partial charge in [-0.3, -0.25) is 4.79 Å². The molecule has 1 amide bonds. The van der Waals surface area contributed by atoms with E-state index in [2.05, 4.69) is 20.9 Å². The van der Waals surface area contributed by atoms with E-state index in [-0.39, 0.29) is 24.6 Å². The maximum atomic E-state index is 13.3. The van der Waals surface area contributed by atoms with Crippen LogP contribution in [0, 0.1) is 5.82 Å². The number of nitrogens with one attached hydrogen (secondary N) is 2. The number of aromatic nitrogens is 3. The molecule has 0 aliphatic carbocycles. The van der Waals surface area contributed by atoms with E-state index in [0.717, 1.165) is 12.1 Å². The van der Waals surface area contributed by atoms with Gasteiger partial charge in [0.1, 0.15) is 5.82 Å². The molecular weight excluding hydrogens is 366 g/mol. The van der Waals surface area contributed by atoms with Crippen molar-refractivity contribution in [3.63, 3.8) is 0 Å². The van der Waals surface area contributed by atoms with Crippen molar-refractivity contribution in [2.24, 2.45) is 0 Å². The zero-order chi connectivity index (χ0) is 17.7. The third-order valence-corrected chi connectivity index (χ3v) is 3.04. The molecule has 6 nitrogen and oxygen atoms in total. The second-order valence-electron chi connectivity index (χ2n) is 4.79. The molecule has 2 N–H and O–H groups in total. The highest BCUT2D eigenvalue weighted by Crippen LogP contribution is 2.32. The zero-order valence-corrected chi connectivity index (χ0v) is 13.9. The molecule has 0 radical (unpaired) electrons. The smallest absolute Gasteiger partial charge is 0.349 e. The second kappa shape index (κ2) is 8.77. The van der Waals surface area contributed by atoms with Crippen LogP contribution in [-0.4, -0.2) is 40.5 Å². The molecule has 2 rings (SSSR count). The number of likely N-dealkylation sites (N-methyl/N-ethyl adjacent to an activating group) is 1. The summed E-state index contributed by atoms with van der Waals surface area (Å²) in [6.07, 6.45) is -4.88. The summed E-state index contributed by atoms with van der Waals surface area (Å²) in [5.74, 6) is -1.73. The topological polar surface area (TPSA) is 71.8 Å². The first kappa shape index (κ1) is 20.8. The molecule has 0 saturated carbocycles. The number of rotatable bonds is 6. The third kappa shape index (κ3) is 5.13. The maximum Gasteiger partial charge on any atom is 0.435 e. The van der Waals surface area contributed by atoms with Crippen LogP contribution in [0.1, 0.15) is 23.1 Å². The molecule has 0 bridgehead atoms. The number of benzene rings is 1. The first-order chi connectivity index (χ1) is 11.3. The lowest BCUT2D eigenvalue weighted by Gasteiger charge is -2.11. The Kier molecular flexibility index (Phi) is 7.31. The number of alkyl halides is 3. The molecule has 1 aromatic heterocycles. The van der Waals surface area contributed by atoms with Crippen molar-refractivity contribution < 1.29 is 22.4 Å². The fourth-order valence-corrected chi connectivity index (χ4v) is 2.00. The van der Waals surface area contributed by atoms with Crippen LogP contribution in [-0.2, 0) is 6.18 Å². The predicted molar refractivity (Wildman–Crippen MR) is 84.4 cm³/mol. The van der Waals surface area contributed by atoms with Gasteiger partial charge in [-0.25, -0.2) is 9.07 Å². The van der Waals surface area contributed by atoms with Gasteiger partial charge >= 0.3 is 6.18 Å². The summed E-state index contributed by atoms with van der Waals surface area (Å²) in [5, 5.41) is 11.9. The van der Waals surface area contributed by atoms with Crippen LogP contribution in [0.5, 0.6) is 0 Å². The van der Waals surface area contributed by atoms with Crippen LogP contribution < -0.4 is 10.6 Å². The number of hydrogen-bond acceptors (Lipinski definition) is 4. The lowest BCUT2D eigenvalue weighted by Crippen LogP contribution is -2.33. The Morgan fingerprint density at radius 3 is 2.60 bits per heavy atom. The van der Waals surface area contributed by atoms with Crippen LogP contribution in [0.15, 0.2) is 24.3 Å². The van der Waals surface area contributed by atoms with Gasteiger partial charge in [0.2, 0.25) is 0 Å². The summed E-state index contributed by atoms with van der Waals surface area (Å²) < 4.78 is 53.7. The number of amides is 1. The van der Waals surface area contributed by atoms with Gasteiger partial charge in [0.25, 0.3) is 5.91 Å². The molecule has 1 aromatic carbocycles. The average Bonchev–Trinajstić information content (AvgIpc) is 2.96. The van der Waals surface area contributed by atoms with E-state index < -0.39 is 29.3 Å². The van der Waals surface area contributed by atoms with Gasteiger partial charge in [0, 0.05) is 13.1 Å². The van der Waals surface area contributed by atoms with E-state index >= 15 is 0 Å². The number of halogens is 5. The molecule has 0 aliphatic rings. The normalized spacial score (nSPS) is 11.1. The lowest BCUT2D eigenvalue weighted by atomic mass is 10.2. The molecule has 11 heteroatoms. The second-order valence-corrected chi connectivity index (χ2v) is 4.79. The van der Waals surface area contributed by atoms with Crippen molar-refractivity contribution >= 4 is 18.3 Å². The van der Waals surface area contributed by atoms with Crippen LogP contribution in [0.3, 0.4) is 0 Å². The highest BCUT2D eigenvalue weighted by Gasteiger charge is 2.42. The average molecular weight is 382 g/mol. The summed E-state index contributed by atoms with van der Waals surface area (Å²) in [6.45, 7) is 3.06. The van der Waals surface area contributed by atoms with Crippen LogP contribution in [0.2, 0.25) is 0 Å². The minimum atomic E-state index is -4.88. The monoisotopic (exact) mass is 381 g/mol. The fraction of sp³-hybridized carbons (Fsp3) is 0.357. The van der Waals surface area contributed by atoms with E-state index in [9.17, 15) is 22.4 Å². The molecule has 0 fully saturated rings. The van der Waals surface area contributed by atoms with E-state index in [4.69, 9.17) is 0 Å². The Balaban J connectivity index is 0.00000312. The van der Waals surface area contributed by atoms with Gasteiger partial charge in [-0.1, -0.05) is 18.2 Å². The van der Waals surface area contributed by atoms with Crippen LogP contribution >= 0.6 is 12.4 Å². The highest BCUT2D eigenvalue weighted by molar-refractivity contribution is 5.93. The quantitative estimate of drug-likeness (QED) is 0.594. The maximum absolute atomic E-state index is 13.3. The Hall–Kier alpha value is -2.20. The van der Waals surface area contributed by atoms with Gasteiger partial charge in [0.15, 0.2) is 11.4 Å². The number of hydrogen-bond donors (Lipinski definition) is 2. The molecule has 0 atom stereocenters. The number of carbonyl (C=O) groups is 1. The standard InChI is InChI=1S/C14H15F4N5O.ClH/c1-2-19-6-7-20-13(24)11-12(14(16,17)18)23(22-21-11)10-5-3-4-9(15)8-10;/h3-5,8,19H,2,6-7H2,1H3,(H,20,24);1H. The van der Waals surface area contributed by atoms with Gasteiger partial charge in [-0.15, -0.1) is 17.5 Å². The van der Waals surface area contributed by atoms with Crippen molar-refractivity contribution in [2.75, 3.05) is 19.6 Å². The van der Waals surface area contributed by atoms with Crippen LogP contribution in [0.25, 0.3) is 5.69 Å². The summed E-state index contributed by atoms with van der Waals surface area (Å²) >= 11 is 0. The molecule has 0 aliphatic heterocycles. The molecular formula is C14H16ClF4N5O. The number of nitrogens with zero attached hydrogens (tertiary/aromatic N) is 3. The van der Waals surface area contributed by atoms with Crippen molar-refractivity contribution in [2.45, 2.75) is 13.1 Å². The van der Waals surface area contributed by atoms with Crippen LogP contribution in [0.4, 0.5) is 17.6 Å². The van der Waals surface area contributed by atoms with E-state index in [0.29, 0.717) is 17.8 Å². The summed E-state index contributed by atoms with van der Waals surface area (Å²) in [7, 11) is 0. The van der Waals surface area contributed by atoms with Crippen molar-refractivity contribution in [1.29, 1.82) is 0 Å². The third-order valence-electron chi connectivity index (χ3n) is 3.04. The molecule has 25 heavy (non-hydrogen) atoms. The van der Waals surface area contributed by atoms with Gasteiger partial charge in [-0.2, -0.15) is 13.2 Å². The van der Waals surface area contributed by atoms with Crippen molar-refractivity contribution in [1.82, 2.24) is 25.6 Å². The SMILES string of the molecule is CCNCCNC(=O)c1nnn(-c2cccc(F)c2)c1C(F)(F)F.Cl. The molecule has 138 valence electrons. The highest BCUT2D eigenvalue weighted by atomic mass is 35.5. The van der Waals surface area contributed by atoms with Gasteiger partial charge < -0.3 is 10.6 Å².